The molecule has 0 radical (unpaired) electrons. The van der Waals surface area contributed by atoms with Crippen LogP contribution in [0.1, 0.15) is 36.9 Å². The Morgan fingerprint density at radius 2 is 2.12 bits per heavy atom. The van der Waals surface area contributed by atoms with E-state index in [4.69, 9.17) is 9.47 Å². The zero-order valence-corrected chi connectivity index (χ0v) is 13.9. The summed E-state index contributed by atoms with van der Waals surface area (Å²) in [6.07, 6.45) is 1.87. The zero-order chi connectivity index (χ0) is 17.1. The molecular weight excluding hydrogens is 308 g/mol. The van der Waals surface area contributed by atoms with Crippen LogP contribution in [0.3, 0.4) is 0 Å². The van der Waals surface area contributed by atoms with Gasteiger partial charge in [-0.05, 0) is 37.8 Å². The molecule has 1 fully saturated rings. The number of esters is 1. The molecule has 0 spiro atoms. The van der Waals surface area contributed by atoms with E-state index in [1.54, 1.807) is 6.92 Å². The Kier molecular flexibility index (Phi) is 4.85. The van der Waals surface area contributed by atoms with Gasteiger partial charge >= 0.3 is 12.0 Å². The molecule has 1 saturated heterocycles. The minimum Gasteiger partial charge on any atom is -0.459 e. The third-order valence-corrected chi connectivity index (χ3v) is 4.41. The van der Waals surface area contributed by atoms with Crippen molar-refractivity contribution < 1.29 is 19.1 Å². The Morgan fingerprint density at radius 3 is 2.83 bits per heavy atom. The van der Waals surface area contributed by atoms with Gasteiger partial charge in [-0.15, -0.1) is 0 Å². The molecule has 3 rings (SSSR count). The van der Waals surface area contributed by atoms with E-state index >= 15 is 0 Å². The molecule has 6 nitrogen and oxygen atoms in total. The smallest absolute Gasteiger partial charge is 0.338 e. The number of nitrogens with one attached hydrogen (secondary N) is 2. The monoisotopic (exact) mass is 330 g/mol. The van der Waals surface area contributed by atoms with Crippen LogP contribution in [-0.2, 0) is 14.3 Å². The summed E-state index contributed by atoms with van der Waals surface area (Å²) in [4.78, 5) is 24.5. The first kappa shape index (κ1) is 16.5. The van der Waals surface area contributed by atoms with Crippen LogP contribution in [0.2, 0.25) is 0 Å². The van der Waals surface area contributed by atoms with E-state index in [2.05, 4.69) is 10.6 Å². The number of carbonyl (C=O) groups is 2. The highest BCUT2D eigenvalue weighted by atomic mass is 16.6. The van der Waals surface area contributed by atoms with Crippen LogP contribution in [0.15, 0.2) is 35.5 Å². The molecule has 6 heteroatoms. The van der Waals surface area contributed by atoms with E-state index in [-0.39, 0.29) is 18.7 Å². The molecule has 2 aliphatic heterocycles. The Hall–Kier alpha value is -2.34. The summed E-state index contributed by atoms with van der Waals surface area (Å²) in [6.45, 7) is 4.62. The maximum absolute atomic E-state index is 12.6. The maximum Gasteiger partial charge on any atom is 0.338 e. The lowest BCUT2D eigenvalue weighted by Gasteiger charge is -2.29. The lowest BCUT2D eigenvalue weighted by Crippen LogP contribution is -2.45. The van der Waals surface area contributed by atoms with Crippen LogP contribution in [0.5, 0.6) is 0 Å². The molecule has 1 aromatic rings. The van der Waals surface area contributed by atoms with Crippen molar-refractivity contribution in [3.8, 4) is 0 Å². The van der Waals surface area contributed by atoms with Gasteiger partial charge < -0.3 is 20.1 Å². The second-order valence-corrected chi connectivity index (χ2v) is 6.16. The number of benzene rings is 1. The first-order valence-electron chi connectivity index (χ1n) is 8.19. The first-order valence-corrected chi connectivity index (χ1v) is 8.19. The first-order chi connectivity index (χ1) is 11.6. The van der Waals surface area contributed by atoms with E-state index in [1.165, 1.54) is 0 Å². The lowest BCUT2D eigenvalue weighted by molar-refractivity contribution is -0.142. The summed E-state index contributed by atoms with van der Waals surface area (Å²) in [7, 11) is 0. The number of rotatable bonds is 4. The van der Waals surface area contributed by atoms with E-state index < -0.39 is 12.0 Å². The number of aryl methyl sites for hydroxylation is 1. The number of hydrogen-bond acceptors (Lipinski definition) is 4. The molecule has 0 aliphatic carbocycles. The predicted octanol–water partition coefficient (Wildman–Crippen LogP) is 2.35. The molecule has 2 N–H and O–H groups in total. The number of ether oxygens (including phenoxy) is 2. The number of hydrogen-bond donors (Lipinski definition) is 2. The molecular formula is C18H22N2O4. The largest absolute Gasteiger partial charge is 0.459 e. The average molecular weight is 330 g/mol. The van der Waals surface area contributed by atoms with Crippen LogP contribution < -0.4 is 10.6 Å². The van der Waals surface area contributed by atoms with Gasteiger partial charge in [0, 0.05) is 12.3 Å². The fourth-order valence-electron chi connectivity index (χ4n) is 3.13. The second kappa shape index (κ2) is 7.05. The van der Waals surface area contributed by atoms with Crippen LogP contribution in [0, 0.1) is 6.92 Å². The maximum atomic E-state index is 12.6. The van der Waals surface area contributed by atoms with Crippen LogP contribution in [0.4, 0.5) is 4.79 Å². The molecule has 0 saturated carbocycles. The predicted molar refractivity (Wildman–Crippen MR) is 88.2 cm³/mol. The van der Waals surface area contributed by atoms with E-state index in [0.29, 0.717) is 17.9 Å². The highest BCUT2D eigenvalue weighted by molar-refractivity contribution is 5.95. The number of carbonyl (C=O) groups excluding carboxylic acids is 2. The van der Waals surface area contributed by atoms with Crippen molar-refractivity contribution in [1.82, 2.24) is 10.6 Å². The summed E-state index contributed by atoms with van der Waals surface area (Å²) in [5.41, 5.74) is 2.84. The molecule has 0 aromatic heterocycles. The quantitative estimate of drug-likeness (QED) is 0.831. The molecule has 2 amide bonds. The fourth-order valence-corrected chi connectivity index (χ4v) is 3.13. The molecule has 2 atom stereocenters. The van der Waals surface area contributed by atoms with Gasteiger partial charge in [-0.1, -0.05) is 24.3 Å². The van der Waals surface area contributed by atoms with Gasteiger partial charge in [-0.3, -0.25) is 0 Å². The number of urea groups is 1. The highest BCUT2D eigenvalue weighted by Gasteiger charge is 2.33. The molecule has 128 valence electrons. The van der Waals surface area contributed by atoms with E-state index in [9.17, 15) is 9.59 Å². The third-order valence-electron chi connectivity index (χ3n) is 4.41. The van der Waals surface area contributed by atoms with E-state index in [1.807, 2.05) is 31.2 Å². The Bertz CT molecular complexity index is 677. The molecule has 0 unspecified atom stereocenters. The molecule has 1 aromatic carbocycles. The van der Waals surface area contributed by atoms with Crippen LogP contribution in [0.25, 0.3) is 0 Å². The topological polar surface area (TPSA) is 76.7 Å². The Morgan fingerprint density at radius 1 is 1.33 bits per heavy atom. The van der Waals surface area contributed by atoms with Crippen molar-refractivity contribution in [2.45, 2.75) is 38.8 Å². The van der Waals surface area contributed by atoms with Crippen LogP contribution >= 0.6 is 0 Å². The van der Waals surface area contributed by atoms with Gasteiger partial charge in [-0.2, -0.15) is 0 Å². The average Bonchev–Trinajstić information content (AvgIpc) is 3.06. The van der Waals surface area contributed by atoms with Crippen molar-refractivity contribution in [1.29, 1.82) is 0 Å². The third kappa shape index (κ3) is 3.43. The van der Waals surface area contributed by atoms with Gasteiger partial charge in [0.05, 0.1) is 17.7 Å². The minimum atomic E-state index is -0.517. The standard InChI is InChI=1S/C18H22N2O4/c1-11-6-3-4-8-14(11)16-15(12(2)19-18(22)20-16)17(21)24-10-13-7-5-9-23-13/h3-4,6,8,13,16H,5,7,9-10H2,1-2H3,(H2,19,20,22)/t13-,16+/m0/s1. The van der Waals surface area contributed by atoms with Gasteiger partial charge in [0.1, 0.15) is 6.61 Å². The van der Waals surface area contributed by atoms with Gasteiger partial charge in [0.2, 0.25) is 0 Å². The van der Waals surface area contributed by atoms with Crippen LogP contribution in [-0.4, -0.2) is 31.3 Å². The molecule has 2 aliphatic rings. The Balaban J connectivity index is 1.83. The summed E-state index contributed by atoms with van der Waals surface area (Å²) < 4.78 is 10.9. The van der Waals surface area contributed by atoms with Crippen molar-refractivity contribution in [3.63, 3.8) is 0 Å². The van der Waals surface area contributed by atoms with E-state index in [0.717, 1.165) is 24.0 Å². The normalized spacial score (nSPS) is 23.7. The van der Waals surface area contributed by atoms with Gasteiger partial charge in [0.25, 0.3) is 0 Å². The highest BCUT2D eigenvalue weighted by Crippen LogP contribution is 2.29. The molecule has 24 heavy (non-hydrogen) atoms. The summed E-state index contributed by atoms with van der Waals surface area (Å²) in [5, 5.41) is 5.48. The SMILES string of the molecule is CC1=C(C(=O)OC[C@@H]2CCCO2)[C@@H](c2ccccc2C)NC(=O)N1. The summed E-state index contributed by atoms with van der Waals surface area (Å²) in [5.74, 6) is -0.427. The Labute approximate surface area is 141 Å². The zero-order valence-electron chi connectivity index (χ0n) is 13.9. The minimum absolute atomic E-state index is 0.0297. The van der Waals surface area contributed by atoms with Crippen molar-refractivity contribution >= 4 is 12.0 Å². The number of amides is 2. The molecule has 2 heterocycles. The van der Waals surface area contributed by atoms with Gasteiger partial charge in [0.15, 0.2) is 0 Å². The second-order valence-electron chi connectivity index (χ2n) is 6.16. The van der Waals surface area contributed by atoms with Gasteiger partial charge in [-0.25, -0.2) is 9.59 Å². The summed E-state index contributed by atoms with van der Waals surface area (Å²) in [6, 6.07) is 6.84. The van der Waals surface area contributed by atoms with Crippen molar-refractivity contribution in [3.05, 3.63) is 46.7 Å². The number of allylic oxidation sites excluding steroid dienone is 1. The van der Waals surface area contributed by atoms with Crippen molar-refractivity contribution in [2.75, 3.05) is 13.2 Å². The van der Waals surface area contributed by atoms with Crippen molar-refractivity contribution in [2.24, 2.45) is 0 Å². The molecule has 0 bridgehead atoms. The fraction of sp³-hybridized carbons (Fsp3) is 0.444. The summed E-state index contributed by atoms with van der Waals surface area (Å²) >= 11 is 0. The lowest BCUT2D eigenvalue weighted by atomic mass is 9.92.